The predicted molar refractivity (Wildman–Crippen MR) is 104 cm³/mol. The SMILES string of the molecule is O=C(NCCC(=O)N1CCN(c2ncccn2)CC1)c1ccc(Cl)cc1Cl. The fraction of sp³-hybridized carbons (Fsp3) is 0.333. The summed E-state index contributed by atoms with van der Waals surface area (Å²) in [5.41, 5.74) is 0.338. The molecule has 7 nitrogen and oxygen atoms in total. The lowest BCUT2D eigenvalue weighted by molar-refractivity contribution is -0.131. The van der Waals surface area contributed by atoms with Gasteiger partial charge in [0.05, 0.1) is 10.6 Å². The van der Waals surface area contributed by atoms with Gasteiger partial charge in [0.25, 0.3) is 5.91 Å². The summed E-state index contributed by atoms with van der Waals surface area (Å²) in [4.78, 5) is 36.8. The van der Waals surface area contributed by atoms with Crippen LogP contribution in [0.5, 0.6) is 0 Å². The highest BCUT2D eigenvalue weighted by Gasteiger charge is 2.22. The fourth-order valence-electron chi connectivity index (χ4n) is 2.82. The van der Waals surface area contributed by atoms with Crippen LogP contribution in [0.4, 0.5) is 5.95 Å². The lowest BCUT2D eigenvalue weighted by atomic mass is 10.2. The fourth-order valence-corrected chi connectivity index (χ4v) is 3.31. The molecule has 2 aromatic rings. The standard InChI is InChI=1S/C18H19Cl2N5O2/c19-13-2-3-14(15(20)12-13)17(27)21-7-4-16(26)24-8-10-25(11-9-24)18-22-5-1-6-23-18/h1-3,5-6,12H,4,7-11H2,(H,21,27). The Kier molecular flexibility index (Phi) is 6.47. The number of nitrogens with zero attached hydrogens (tertiary/aromatic N) is 4. The molecule has 1 aromatic heterocycles. The molecule has 1 saturated heterocycles. The summed E-state index contributed by atoms with van der Waals surface area (Å²) in [5, 5.41) is 3.47. The van der Waals surface area contributed by atoms with Crippen LogP contribution >= 0.6 is 23.2 Å². The van der Waals surface area contributed by atoms with Crippen LogP contribution in [-0.2, 0) is 4.79 Å². The Balaban J connectivity index is 1.43. The number of carbonyl (C=O) groups is 2. The summed E-state index contributed by atoms with van der Waals surface area (Å²) in [6.45, 7) is 2.83. The zero-order valence-corrected chi connectivity index (χ0v) is 16.1. The third-order valence-electron chi connectivity index (χ3n) is 4.27. The van der Waals surface area contributed by atoms with Gasteiger partial charge in [0, 0.05) is 56.6 Å². The van der Waals surface area contributed by atoms with Crippen LogP contribution in [0.1, 0.15) is 16.8 Å². The molecule has 1 aliphatic heterocycles. The third-order valence-corrected chi connectivity index (χ3v) is 4.82. The molecule has 0 bridgehead atoms. The number of piperazine rings is 1. The molecule has 0 atom stereocenters. The molecule has 27 heavy (non-hydrogen) atoms. The number of nitrogens with one attached hydrogen (secondary N) is 1. The number of hydrogen-bond acceptors (Lipinski definition) is 5. The molecule has 1 aromatic carbocycles. The summed E-state index contributed by atoms with van der Waals surface area (Å²) < 4.78 is 0. The van der Waals surface area contributed by atoms with Gasteiger partial charge in [-0.25, -0.2) is 9.97 Å². The van der Waals surface area contributed by atoms with Gasteiger partial charge in [-0.1, -0.05) is 23.2 Å². The van der Waals surface area contributed by atoms with Gasteiger partial charge in [0.2, 0.25) is 11.9 Å². The van der Waals surface area contributed by atoms with Gasteiger partial charge in [-0.3, -0.25) is 9.59 Å². The van der Waals surface area contributed by atoms with Crippen molar-refractivity contribution < 1.29 is 9.59 Å². The van der Waals surface area contributed by atoms with Crippen LogP contribution in [0, 0.1) is 0 Å². The molecule has 1 N–H and O–H groups in total. The first-order chi connectivity index (χ1) is 13.0. The second-order valence-corrected chi connectivity index (χ2v) is 6.89. The van der Waals surface area contributed by atoms with E-state index in [1.54, 1.807) is 35.5 Å². The average Bonchev–Trinajstić information content (AvgIpc) is 2.68. The molecule has 0 unspecified atom stereocenters. The number of halogens is 2. The van der Waals surface area contributed by atoms with E-state index in [2.05, 4.69) is 15.3 Å². The van der Waals surface area contributed by atoms with Crippen LogP contribution in [0.3, 0.4) is 0 Å². The summed E-state index contributed by atoms with van der Waals surface area (Å²) >= 11 is 11.8. The van der Waals surface area contributed by atoms with Crippen molar-refractivity contribution in [3.05, 3.63) is 52.3 Å². The van der Waals surface area contributed by atoms with E-state index in [-0.39, 0.29) is 29.8 Å². The maximum atomic E-state index is 12.4. The smallest absolute Gasteiger partial charge is 0.252 e. The first-order valence-corrected chi connectivity index (χ1v) is 9.33. The minimum Gasteiger partial charge on any atom is -0.351 e. The number of benzene rings is 1. The van der Waals surface area contributed by atoms with E-state index in [0.717, 1.165) is 0 Å². The summed E-state index contributed by atoms with van der Waals surface area (Å²) in [6.07, 6.45) is 3.64. The number of aromatic nitrogens is 2. The van der Waals surface area contributed by atoms with Crippen molar-refractivity contribution >= 4 is 41.0 Å². The van der Waals surface area contributed by atoms with Crippen molar-refractivity contribution in [3.8, 4) is 0 Å². The molecule has 0 radical (unpaired) electrons. The van der Waals surface area contributed by atoms with Gasteiger partial charge >= 0.3 is 0 Å². The molecule has 0 spiro atoms. The molecule has 1 aliphatic rings. The first kappa shape index (κ1) is 19.4. The van der Waals surface area contributed by atoms with E-state index in [1.807, 2.05) is 4.90 Å². The van der Waals surface area contributed by atoms with E-state index in [0.29, 0.717) is 42.7 Å². The molecule has 0 saturated carbocycles. The Morgan fingerprint density at radius 3 is 2.44 bits per heavy atom. The van der Waals surface area contributed by atoms with Crippen molar-refractivity contribution in [2.75, 3.05) is 37.6 Å². The highest BCUT2D eigenvalue weighted by molar-refractivity contribution is 6.36. The second kappa shape index (κ2) is 9.01. The molecule has 2 heterocycles. The molecule has 9 heteroatoms. The topological polar surface area (TPSA) is 78.4 Å². The second-order valence-electron chi connectivity index (χ2n) is 6.05. The largest absolute Gasteiger partial charge is 0.351 e. The zero-order valence-electron chi connectivity index (χ0n) is 14.6. The van der Waals surface area contributed by atoms with Crippen LogP contribution in [0.2, 0.25) is 10.0 Å². The molecule has 0 aliphatic carbocycles. The van der Waals surface area contributed by atoms with Gasteiger partial charge in [-0.05, 0) is 24.3 Å². The third kappa shape index (κ3) is 5.08. The Hall–Kier alpha value is -2.38. The van der Waals surface area contributed by atoms with Gasteiger partial charge in [-0.2, -0.15) is 0 Å². The zero-order chi connectivity index (χ0) is 19.2. The Morgan fingerprint density at radius 2 is 1.78 bits per heavy atom. The number of amides is 2. The van der Waals surface area contributed by atoms with Gasteiger partial charge in [0.15, 0.2) is 0 Å². The molecule has 3 rings (SSSR count). The van der Waals surface area contributed by atoms with Crippen molar-refractivity contribution in [1.82, 2.24) is 20.2 Å². The van der Waals surface area contributed by atoms with E-state index in [4.69, 9.17) is 23.2 Å². The summed E-state index contributed by atoms with van der Waals surface area (Å²) in [5.74, 6) is 0.360. The predicted octanol–water partition coefficient (Wildman–Crippen LogP) is 2.25. The van der Waals surface area contributed by atoms with Gasteiger partial charge in [-0.15, -0.1) is 0 Å². The van der Waals surface area contributed by atoms with Crippen molar-refractivity contribution in [2.45, 2.75) is 6.42 Å². The van der Waals surface area contributed by atoms with Crippen LogP contribution < -0.4 is 10.2 Å². The summed E-state index contributed by atoms with van der Waals surface area (Å²) in [7, 11) is 0. The monoisotopic (exact) mass is 407 g/mol. The van der Waals surface area contributed by atoms with Crippen LogP contribution in [-0.4, -0.2) is 59.4 Å². The minimum absolute atomic E-state index is 0.00568. The highest BCUT2D eigenvalue weighted by Crippen LogP contribution is 2.20. The maximum absolute atomic E-state index is 12.4. The van der Waals surface area contributed by atoms with E-state index < -0.39 is 0 Å². The number of anilines is 1. The number of rotatable bonds is 5. The normalized spacial score (nSPS) is 14.1. The first-order valence-electron chi connectivity index (χ1n) is 8.57. The molecule has 1 fully saturated rings. The minimum atomic E-state index is -0.324. The molecular weight excluding hydrogens is 389 g/mol. The molecule has 142 valence electrons. The Labute approximate surface area is 167 Å². The lowest BCUT2D eigenvalue weighted by Crippen LogP contribution is -2.49. The van der Waals surface area contributed by atoms with E-state index >= 15 is 0 Å². The summed E-state index contributed by atoms with van der Waals surface area (Å²) in [6, 6.07) is 6.45. The van der Waals surface area contributed by atoms with E-state index in [9.17, 15) is 9.59 Å². The van der Waals surface area contributed by atoms with Crippen molar-refractivity contribution in [3.63, 3.8) is 0 Å². The molecular formula is C18H19Cl2N5O2. The van der Waals surface area contributed by atoms with Gasteiger partial charge in [0.1, 0.15) is 0 Å². The van der Waals surface area contributed by atoms with Crippen LogP contribution in [0.15, 0.2) is 36.7 Å². The van der Waals surface area contributed by atoms with Crippen molar-refractivity contribution in [1.29, 1.82) is 0 Å². The van der Waals surface area contributed by atoms with Crippen LogP contribution in [0.25, 0.3) is 0 Å². The highest BCUT2D eigenvalue weighted by atomic mass is 35.5. The number of carbonyl (C=O) groups excluding carboxylic acids is 2. The van der Waals surface area contributed by atoms with Gasteiger partial charge < -0.3 is 15.1 Å². The number of hydrogen-bond donors (Lipinski definition) is 1. The van der Waals surface area contributed by atoms with Crippen molar-refractivity contribution in [2.24, 2.45) is 0 Å². The quantitative estimate of drug-likeness (QED) is 0.821. The van der Waals surface area contributed by atoms with E-state index in [1.165, 1.54) is 6.07 Å². The Morgan fingerprint density at radius 1 is 1.07 bits per heavy atom. The lowest BCUT2D eigenvalue weighted by Gasteiger charge is -2.34. The average molecular weight is 408 g/mol. The Bertz CT molecular complexity index is 811. The maximum Gasteiger partial charge on any atom is 0.252 e. The molecule has 2 amide bonds.